The molecular formula is C7H5N5. The molecule has 0 fully saturated rings. The van der Waals surface area contributed by atoms with Gasteiger partial charge in [0.15, 0.2) is 0 Å². The summed E-state index contributed by atoms with van der Waals surface area (Å²) in [5, 5.41) is 16.1. The zero-order chi connectivity index (χ0) is 8.55. The molecule has 12 heavy (non-hydrogen) atoms. The summed E-state index contributed by atoms with van der Waals surface area (Å²) in [6.45, 7) is 0. The predicted molar refractivity (Wildman–Crippen MR) is 44.8 cm³/mol. The van der Waals surface area contributed by atoms with Gasteiger partial charge in [-0.25, -0.2) is 4.99 Å². The van der Waals surface area contributed by atoms with E-state index in [1.165, 1.54) is 6.21 Å². The molecule has 0 atom stereocenters. The van der Waals surface area contributed by atoms with Crippen LogP contribution in [-0.2, 0) is 0 Å². The molecule has 0 aromatic carbocycles. The summed E-state index contributed by atoms with van der Waals surface area (Å²) in [4.78, 5) is 3.97. The highest BCUT2D eigenvalue weighted by Crippen LogP contribution is 2.15. The lowest BCUT2D eigenvalue weighted by Crippen LogP contribution is -2.20. The Bertz CT molecular complexity index is 391. The third-order valence-corrected chi connectivity index (χ3v) is 1.68. The molecule has 2 heterocycles. The van der Waals surface area contributed by atoms with Crippen molar-refractivity contribution in [2.24, 2.45) is 20.9 Å². The Morgan fingerprint density at radius 1 is 1.58 bits per heavy atom. The fraction of sp³-hybridized carbons (Fsp3) is 0.143. The van der Waals surface area contributed by atoms with E-state index in [-0.39, 0.29) is 5.82 Å². The number of allylic oxidation sites excluding steroid dienone is 1. The van der Waals surface area contributed by atoms with E-state index in [1.54, 1.807) is 0 Å². The Morgan fingerprint density at radius 2 is 2.42 bits per heavy atom. The molecule has 0 aliphatic carbocycles. The van der Waals surface area contributed by atoms with Gasteiger partial charge in [-0.15, -0.1) is 0 Å². The third-order valence-electron chi connectivity index (χ3n) is 1.68. The van der Waals surface area contributed by atoms with E-state index in [0.29, 0.717) is 17.7 Å². The number of fused-ring (bicyclic) bond motifs is 1. The first-order chi connectivity index (χ1) is 5.81. The summed E-state index contributed by atoms with van der Waals surface area (Å²) in [5.74, 6) is 0.278. The Labute approximate surface area is 68.6 Å². The topological polar surface area (TPSA) is 86.9 Å². The molecule has 2 aliphatic rings. The van der Waals surface area contributed by atoms with Crippen molar-refractivity contribution >= 4 is 17.6 Å². The molecule has 2 aliphatic heterocycles. The Kier molecular flexibility index (Phi) is 1.27. The summed E-state index contributed by atoms with van der Waals surface area (Å²) >= 11 is 0. The van der Waals surface area contributed by atoms with Crippen molar-refractivity contribution in [1.82, 2.24) is 0 Å². The van der Waals surface area contributed by atoms with Crippen LogP contribution in [0.4, 0.5) is 0 Å². The Balaban J connectivity index is 2.47. The van der Waals surface area contributed by atoms with Gasteiger partial charge in [0.25, 0.3) is 0 Å². The van der Waals surface area contributed by atoms with Crippen LogP contribution in [0.25, 0.3) is 0 Å². The molecule has 0 spiro atoms. The fourth-order valence-corrected chi connectivity index (χ4v) is 1.05. The second-order valence-corrected chi connectivity index (χ2v) is 2.44. The summed E-state index contributed by atoms with van der Waals surface area (Å²) in [6, 6.07) is 1.98. The molecular weight excluding hydrogens is 154 g/mol. The van der Waals surface area contributed by atoms with Crippen LogP contribution >= 0.6 is 0 Å². The minimum absolute atomic E-state index is 0.278. The number of hydrogen-bond acceptors (Lipinski definition) is 5. The van der Waals surface area contributed by atoms with Gasteiger partial charge in [0.1, 0.15) is 11.5 Å². The van der Waals surface area contributed by atoms with Gasteiger partial charge in [-0.2, -0.15) is 15.5 Å². The van der Waals surface area contributed by atoms with E-state index >= 15 is 0 Å². The first-order valence-electron chi connectivity index (χ1n) is 3.39. The first kappa shape index (κ1) is 6.73. The highest BCUT2D eigenvalue weighted by atomic mass is 15.2. The lowest BCUT2D eigenvalue weighted by molar-refractivity contribution is 1.13. The summed E-state index contributed by atoms with van der Waals surface area (Å²) in [7, 11) is 0. The smallest absolute Gasteiger partial charge is 0.138 e. The molecule has 0 amide bonds. The van der Waals surface area contributed by atoms with E-state index in [1.807, 2.05) is 6.07 Å². The highest BCUT2D eigenvalue weighted by molar-refractivity contribution is 6.65. The second-order valence-electron chi connectivity index (χ2n) is 2.44. The molecule has 5 heteroatoms. The van der Waals surface area contributed by atoms with Crippen molar-refractivity contribution in [2.75, 3.05) is 0 Å². The van der Waals surface area contributed by atoms with E-state index in [9.17, 15) is 0 Å². The molecule has 2 N–H and O–H groups in total. The lowest BCUT2D eigenvalue weighted by Gasteiger charge is -2.07. The van der Waals surface area contributed by atoms with Gasteiger partial charge in [0.2, 0.25) is 0 Å². The van der Waals surface area contributed by atoms with Gasteiger partial charge >= 0.3 is 0 Å². The monoisotopic (exact) mass is 159 g/mol. The summed E-state index contributed by atoms with van der Waals surface area (Å²) < 4.78 is 0. The van der Waals surface area contributed by atoms with Gasteiger partial charge < -0.3 is 5.73 Å². The highest BCUT2D eigenvalue weighted by Gasteiger charge is 2.20. The molecule has 0 saturated carbocycles. The van der Waals surface area contributed by atoms with Crippen molar-refractivity contribution in [3.05, 3.63) is 11.4 Å². The number of nitriles is 1. The maximum absolute atomic E-state index is 8.63. The molecule has 2 rings (SSSR count). The van der Waals surface area contributed by atoms with E-state index in [4.69, 9.17) is 11.0 Å². The number of rotatable bonds is 0. The SMILES string of the molecule is N#CC1=C(N)N=C2C=NN=C2C1. The average molecular weight is 159 g/mol. The fourth-order valence-electron chi connectivity index (χ4n) is 1.05. The molecule has 0 aromatic heterocycles. The van der Waals surface area contributed by atoms with Gasteiger partial charge in [0, 0.05) is 6.42 Å². The van der Waals surface area contributed by atoms with Crippen molar-refractivity contribution in [2.45, 2.75) is 6.42 Å². The lowest BCUT2D eigenvalue weighted by atomic mass is 10.0. The van der Waals surface area contributed by atoms with Crippen LogP contribution in [0.5, 0.6) is 0 Å². The standard InChI is InChI=1S/C7H5N5/c8-2-4-1-5-6(3-10-12-5)11-7(4)9/h3H,1,9H2. The molecule has 0 aromatic rings. The molecule has 0 unspecified atom stereocenters. The van der Waals surface area contributed by atoms with Gasteiger partial charge in [-0.1, -0.05) is 0 Å². The number of nitrogens with zero attached hydrogens (tertiary/aromatic N) is 4. The first-order valence-corrected chi connectivity index (χ1v) is 3.39. The summed E-state index contributed by atoms with van der Waals surface area (Å²) in [5.41, 5.74) is 7.36. The van der Waals surface area contributed by atoms with Crippen LogP contribution < -0.4 is 5.73 Å². The maximum Gasteiger partial charge on any atom is 0.138 e. The van der Waals surface area contributed by atoms with Crippen molar-refractivity contribution in [3.8, 4) is 6.07 Å². The van der Waals surface area contributed by atoms with Crippen LogP contribution in [-0.4, -0.2) is 17.6 Å². The molecule has 0 radical (unpaired) electrons. The van der Waals surface area contributed by atoms with Gasteiger partial charge in [0.05, 0.1) is 23.6 Å². The van der Waals surface area contributed by atoms with E-state index in [2.05, 4.69) is 15.2 Å². The third kappa shape index (κ3) is 0.820. The van der Waals surface area contributed by atoms with Crippen LogP contribution in [0, 0.1) is 11.3 Å². The van der Waals surface area contributed by atoms with E-state index < -0.39 is 0 Å². The maximum atomic E-state index is 8.63. The number of hydrogen-bond donors (Lipinski definition) is 1. The average Bonchev–Trinajstić information content (AvgIpc) is 2.49. The van der Waals surface area contributed by atoms with Crippen LogP contribution in [0.1, 0.15) is 6.42 Å². The Morgan fingerprint density at radius 3 is 3.17 bits per heavy atom. The minimum atomic E-state index is 0.278. The normalized spacial score (nSPS) is 19.9. The molecule has 58 valence electrons. The molecule has 0 bridgehead atoms. The number of aliphatic imine (C=N–C) groups is 1. The second kappa shape index (κ2) is 2.27. The molecule has 5 nitrogen and oxygen atoms in total. The van der Waals surface area contributed by atoms with Crippen molar-refractivity contribution in [3.63, 3.8) is 0 Å². The van der Waals surface area contributed by atoms with Crippen LogP contribution in [0.3, 0.4) is 0 Å². The van der Waals surface area contributed by atoms with Gasteiger partial charge in [-0.05, 0) is 0 Å². The van der Waals surface area contributed by atoms with Crippen LogP contribution in [0.2, 0.25) is 0 Å². The Hall–Kier alpha value is -1.96. The predicted octanol–water partition coefficient (Wildman–Crippen LogP) is -0.0346. The minimum Gasteiger partial charge on any atom is -0.383 e. The number of nitrogens with two attached hydrogens (primary N) is 1. The largest absolute Gasteiger partial charge is 0.383 e. The molecule has 0 saturated heterocycles. The van der Waals surface area contributed by atoms with Crippen LogP contribution in [0.15, 0.2) is 26.6 Å². The van der Waals surface area contributed by atoms with Crippen molar-refractivity contribution < 1.29 is 0 Å². The van der Waals surface area contributed by atoms with E-state index in [0.717, 1.165) is 5.71 Å². The zero-order valence-corrected chi connectivity index (χ0v) is 6.15. The van der Waals surface area contributed by atoms with Crippen molar-refractivity contribution in [1.29, 1.82) is 5.26 Å². The zero-order valence-electron chi connectivity index (χ0n) is 6.15. The quantitative estimate of drug-likeness (QED) is 0.537. The summed E-state index contributed by atoms with van der Waals surface area (Å²) in [6.07, 6.45) is 1.98. The van der Waals surface area contributed by atoms with Gasteiger partial charge in [-0.3, -0.25) is 0 Å².